The zero-order valence-electron chi connectivity index (χ0n) is 10.8. The highest BCUT2D eigenvalue weighted by Crippen LogP contribution is 2.44. The number of hydrogen-bond donors (Lipinski definition) is 3. The molecule has 1 aromatic carbocycles. The van der Waals surface area contributed by atoms with Crippen molar-refractivity contribution in [3.05, 3.63) is 28.7 Å². The Balaban J connectivity index is 1.63. The molecule has 106 valence electrons. The molecule has 0 amide bonds. The molecule has 19 heavy (non-hydrogen) atoms. The normalized spacial score (nSPS) is 18.1. The average molecular weight is 330 g/mol. The minimum absolute atomic E-state index is 0.0743. The van der Waals surface area contributed by atoms with Gasteiger partial charge in [0.2, 0.25) is 0 Å². The van der Waals surface area contributed by atoms with Gasteiger partial charge < -0.3 is 20.3 Å². The number of halogens is 1. The smallest absolute Gasteiger partial charge is 0.120 e. The quantitative estimate of drug-likeness (QED) is 0.677. The van der Waals surface area contributed by atoms with E-state index in [-0.39, 0.29) is 18.6 Å². The number of aliphatic hydroxyl groups excluding tert-OH is 2. The largest absolute Gasteiger partial charge is 0.491 e. The lowest BCUT2D eigenvalue weighted by Gasteiger charge is -2.16. The lowest BCUT2D eigenvalue weighted by molar-refractivity contribution is 0.103. The molecule has 1 aliphatic rings. The Bertz CT molecular complexity index is 409. The maximum atomic E-state index is 9.81. The van der Waals surface area contributed by atoms with Crippen LogP contribution in [0.5, 0.6) is 5.75 Å². The standard InChI is InChI=1S/C14H20BrNO3/c15-11-2-1-3-13(6-11)19-8-12(18)7-16-9-14(10-17)4-5-14/h1-3,6,12,16-18H,4-5,7-10H2. The number of aliphatic hydroxyl groups is 2. The Morgan fingerprint density at radius 3 is 2.84 bits per heavy atom. The molecule has 1 fully saturated rings. The molecule has 4 nitrogen and oxygen atoms in total. The summed E-state index contributed by atoms with van der Waals surface area (Å²) in [7, 11) is 0. The van der Waals surface area contributed by atoms with E-state index in [1.807, 2.05) is 24.3 Å². The number of nitrogens with one attached hydrogen (secondary N) is 1. The van der Waals surface area contributed by atoms with E-state index in [0.29, 0.717) is 6.54 Å². The average Bonchev–Trinajstić information content (AvgIpc) is 3.17. The lowest BCUT2D eigenvalue weighted by atomic mass is 10.1. The molecule has 2 rings (SSSR count). The van der Waals surface area contributed by atoms with Gasteiger partial charge in [0, 0.05) is 29.6 Å². The zero-order chi connectivity index (χ0) is 13.7. The van der Waals surface area contributed by atoms with Crippen LogP contribution < -0.4 is 10.1 Å². The minimum atomic E-state index is -0.548. The molecular weight excluding hydrogens is 310 g/mol. The van der Waals surface area contributed by atoms with Crippen molar-refractivity contribution in [1.29, 1.82) is 0 Å². The van der Waals surface area contributed by atoms with E-state index in [2.05, 4.69) is 21.2 Å². The summed E-state index contributed by atoms with van der Waals surface area (Å²) in [5.41, 5.74) is 0.0743. The predicted octanol–water partition coefficient (Wildman–Crippen LogP) is 1.55. The number of rotatable bonds is 8. The Morgan fingerprint density at radius 1 is 1.42 bits per heavy atom. The maximum Gasteiger partial charge on any atom is 0.120 e. The van der Waals surface area contributed by atoms with Crippen LogP contribution in [0.25, 0.3) is 0 Å². The summed E-state index contributed by atoms with van der Waals surface area (Å²) in [5.74, 6) is 0.738. The van der Waals surface area contributed by atoms with Crippen molar-refractivity contribution in [3.63, 3.8) is 0 Å². The highest BCUT2D eigenvalue weighted by atomic mass is 79.9. The Kier molecular flexibility index (Phi) is 5.21. The van der Waals surface area contributed by atoms with Crippen LogP contribution in [0.4, 0.5) is 0 Å². The monoisotopic (exact) mass is 329 g/mol. The van der Waals surface area contributed by atoms with Crippen molar-refractivity contribution in [2.24, 2.45) is 5.41 Å². The summed E-state index contributed by atoms with van der Waals surface area (Å²) in [6.07, 6.45) is 1.59. The minimum Gasteiger partial charge on any atom is -0.491 e. The second-order valence-electron chi connectivity index (χ2n) is 5.21. The third kappa shape index (κ3) is 4.76. The Hall–Kier alpha value is -0.620. The molecule has 0 spiro atoms. The van der Waals surface area contributed by atoms with E-state index in [9.17, 15) is 5.11 Å². The van der Waals surface area contributed by atoms with Gasteiger partial charge in [-0.2, -0.15) is 0 Å². The third-order valence-electron chi connectivity index (χ3n) is 3.41. The summed E-state index contributed by atoms with van der Waals surface area (Å²) in [6, 6.07) is 7.54. The van der Waals surface area contributed by atoms with E-state index in [1.165, 1.54) is 0 Å². The van der Waals surface area contributed by atoms with Gasteiger partial charge >= 0.3 is 0 Å². The molecule has 0 aromatic heterocycles. The first kappa shape index (κ1) is 14.8. The summed E-state index contributed by atoms with van der Waals surface area (Å²) in [4.78, 5) is 0. The number of benzene rings is 1. The van der Waals surface area contributed by atoms with Crippen LogP contribution in [0.2, 0.25) is 0 Å². The first-order valence-corrected chi connectivity index (χ1v) is 7.31. The third-order valence-corrected chi connectivity index (χ3v) is 3.90. The molecule has 0 bridgehead atoms. The van der Waals surface area contributed by atoms with Gasteiger partial charge in [-0.3, -0.25) is 0 Å². The molecule has 5 heteroatoms. The van der Waals surface area contributed by atoms with Gasteiger partial charge in [0.25, 0.3) is 0 Å². The molecule has 0 heterocycles. The predicted molar refractivity (Wildman–Crippen MR) is 77.3 cm³/mol. The van der Waals surface area contributed by atoms with Crippen molar-refractivity contribution in [2.45, 2.75) is 18.9 Å². The molecule has 1 saturated carbocycles. The molecule has 1 atom stereocenters. The summed E-state index contributed by atoms with van der Waals surface area (Å²) in [6.45, 7) is 1.73. The van der Waals surface area contributed by atoms with E-state index in [4.69, 9.17) is 9.84 Å². The van der Waals surface area contributed by atoms with Gasteiger partial charge in [-0.05, 0) is 31.0 Å². The second-order valence-corrected chi connectivity index (χ2v) is 6.13. The maximum absolute atomic E-state index is 9.81. The van der Waals surface area contributed by atoms with Crippen LogP contribution in [0.1, 0.15) is 12.8 Å². The first-order valence-electron chi connectivity index (χ1n) is 6.52. The molecule has 1 aliphatic carbocycles. The van der Waals surface area contributed by atoms with Crippen LogP contribution in [0.3, 0.4) is 0 Å². The van der Waals surface area contributed by atoms with E-state index < -0.39 is 6.10 Å². The van der Waals surface area contributed by atoms with Gasteiger partial charge in [0.15, 0.2) is 0 Å². The SMILES string of the molecule is OCC1(CNCC(O)COc2cccc(Br)c2)CC1. The highest BCUT2D eigenvalue weighted by molar-refractivity contribution is 9.10. The van der Waals surface area contributed by atoms with E-state index >= 15 is 0 Å². The highest BCUT2D eigenvalue weighted by Gasteiger charge is 2.41. The molecule has 0 saturated heterocycles. The fraction of sp³-hybridized carbons (Fsp3) is 0.571. The van der Waals surface area contributed by atoms with Gasteiger partial charge in [0.05, 0.1) is 0 Å². The van der Waals surface area contributed by atoms with Crippen LogP contribution in [-0.4, -0.2) is 42.6 Å². The van der Waals surface area contributed by atoms with Crippen LogP contribution in [0.15, 0.2) is 28.7 Å². The zero-order valence-corrected chi connectivity index (χ0v) is 12.4. The molecule has 0 aliphatic heterocycles. The van der Waals surface area contributed by atoms with Crippen molar-refractivity contribution < 1.29 is 14.9 Å². The molecule has 1 unspecified atom stereocenters. The first-order chi connectivity index (χ1) is 9.13. The summed E-state index contributed by atoms with van der Waals surface area (Å²) >= 11 is 3.37. The number of hydrogen-bond acceptors (Lipinski definition) is 4. The topological polar surface area (TPSA) is 61.7 Å². The fourth-order valence-corrected chi connectivity index (χ4v) is 2.26. The van der Waals surface area contributed by atoms with E-state index in [1.54, 1.807) is 0 Å². The second kappa shape index (κ2) is 6.70. The van der Waals surface area contributed by atoms with E-state index in [0.717, 1.165) is 29.6 Å². The van der Waals surface area contributed by atoms with Gasteiger partial charge in [-0.25, -0.2) is 0 Å². The van der Waals surface area contributed by atoms with Crippen molar-refractivity contribution >= 4 is 15.9 Å². The van der Waals surface area contributed by atoms with Crippen molar-refractivity contribution in [3.8, 4) is 5.75 Å². The van der Waals surface area contributed by atoms with Gasteiger partial charge in [0.1, 0.15) is 18.5 Å². The summed E-state index contributed by atoms with van der Waals surface area (Å²) in [5, 5.41) is 22.2. The van der Waals surface area contributed by atoms with Crippen LogP contribution in [0, 0.1) is 5.41 Å². The Morgan fingerprint density at radius 2 is 2.21 bits per heavy atom. The van der Waals surface area contributed by atoms with Crippen LogP contribution in [-0.2, 0) is 0 Å². The van der Waals surface area contributed by atoms with Gasteiger partial charge in [-0.15, -0.1) is 0 Å². The van der Waals surface area contributed by atoms with Crippen molar-refractivity contribution in [1.82, 2.24) is 5.32 Å². The summed E-state index contributed by atoms with van der Waals surface area (Å²) < 4.78 is 6.46. The molecule has 0 radical (unpaired) electrons. The molecule has 1 aromatic rings. The lowest BCUT2D eigenvalue weighted by Crippen LogP contribution is -2.35. The molecule has 3 N–H and O–H groups in total. The molecular formula is C14H20BrNO3. The Labute approximate surface area is 121 Å². The fourth-order valence-electron chi connectivity index (χ4n) is 1.88. The van der Waals surface area contributed by atoms with Crippen molar-refractivity contribution in [2.75, 3.05) is 26.3 Å². The van der Waals surface area contributed by atoms with Gasteiger partial charge in [-0.1, -0.05) is 22.0 Å². The number of ether oxygens (including phenoxy) is 1. The van der Waals surface area contributed by atoms with Crippen LogP contribution >= 0.6 is 15.9 Å².